The molecule has 4 heteroatoms. The van der Waals surface area contributed by atoms with E-state index < -0.39 is 0 Å². The van der Waals surface area contributed by atoms with E-state index in [1.54, 1.807) is 6.07 Å². The fourth-order valence-electron chi connectivity index (χ4n) is 1.69. The first kappa shape index (κ1) is 11.9. The lowest BCUT2D eigenvalue weighted by Gasteiger charge is -2.12. The fourth-order valence-corrected chi connectivity index (χ4v) is 1.69. The van der Waals surface area contributed by atoms with E-state index in [4.69, 9.17) is 0 Å². The molecule has 1 saturated carbocycles. The maximum absolute atomic E-state index is 12.1. The molecular formula is C13H19N3O. The van der Waals surface area contributed by atoms with E-state index >= 15 is 0 Å². The summed E-state index contributed by atoms with van der Waals surface area (Å²) in [5.41, 5.74) is 1.64. The van der Waals surface area contributed by atoms with Crippen molar-refractivity contribution in [3.05, 3.63) is 23.4 Å². The summed E-state index contributed by atoms with van der Waals surface area (Å²) < 4.78 is 0. The Morgan fingerprint density at radius 2 is 2.18 bits per heavy atom. The number of amides is 1. The molecule has 0 aromatic carbocycles. The Hall–Kier alpha value is -1.58. The first-order chi connectivity index (χ1) is 8.06. The van der Waals surface area contributed by atoms with E-state index in [1.165, 1.54) is 0 Å². The Morgan fingerprint density at radius 3 is 2.71 bits per heavy atom. The van der Waals surface area contributed by atoms with Gasteiger partial charge in [0.05, 0.1) is 0 Å². The minimum atomic E-state index is -0.00130. The zero-order valence-electron chi connectivity index (χ0n) is 10.6. The van der Waals surface area contributed by atoms with Gasteiger partial charge in [-0.2, -0.15) is 0 Å². The molecule has 2 N–H and O–H groups in total. The molecule has 1 aliphatic rings. The van der Waals surface area contributed by atoms with Crippen LogP contribution in [-0.2, 0) is 6.42 Å². The van der Waals surface area contributed by atoms with Crippen LogP contribution in [0.4, 0.5) is 5.82 Å². The molecule has 4 nitrogen and oxygen atoms in total. The SMILES string of the molecule is CCc1cc(C(=O)NC2(C)CC2)cc(NC)n1. The average molecular weight is 233 g/mol. The Bertz CT molecular complexity index is 416. The summed E-state index contributed by atoms with van der Waals surface area (Å²) in [6.45, 7) is 4.11. The zero-order valence-corrected chi connectivity index (χ0v) is 10.6. The van der Waals surface area contributed by atoms with E-state index in [9.17, 15) is 4.79 Å². The van der Waals surface area contributed by atoms with Crippen molar-refractivity contribution in [1.82, 2.24) is 10.3 Å². The van der Waals surface area contributed by atoms with Crippen LogP contribution in [-0.4, -0.2) is 23.5 Å². The number of pyridine rings is 1. The van der Waals surface area contributed by atoms with Crippen LogP contribution in [0, 0.1) is 0 Å². The number of rotatable bonds is 4. The molecule has 0 unspecified atom stereocenters. The molecule has 1 heterocycles. The summed E-state index contributed by atoms with van der Waals surface area (Å²) in [6.07, 6.45) is 2.97. The van der Waals surface area contributed by atoms with Crippen LogP contribution in [0.2, 0.25) is 0 Å². The van der Waals surface area contributed by atoms with E-state index in [0.717, 1.165) is 30.8 Å². The lowest BCUT2D eigenvalue weighted by atomic mass is 10.1. The van der Waals surface area contributed by atoms with Crippen molar-refractivity contribution in [3.63, 3.8) is 0 Å². The van der Waals surface area contributed by atoms with Crippen LogP contribution < -0.4 is 10.6 Å². The average Bonchev–Trinajstić information content (AvgIpc) is 3.05. The summed E-state index contributed by atoms with van der Waals surface area (Å²) in [5.74, 6) is 0.744. The van der Waals surface area contributed by atoms with Crippen molar-refractivity contribution < 1.29 is 4.79 Å². The molecule has 92 valence electrons. The first-order valence-corrected chi connectivity index (χ1v) is 6.07. The molecule has 1 aromatic rings. The number of anilines is 1. The fraction of sp³-hybridized carbons (Fsp3) is 0.538. The van der Waals surface area contributed by atoms with Crippen LogP contribution >= 0.6 is 0 Å². The molecule has 0 bridgehead atoms. The van der Waals surface area contributed by atoms with Gasteiger partial charge >= 0.3 is 0 Å². The number of nitrogens with zero attached hydrogens (tertiary/aromatic N) is 1. The van der Waals surface area contributed by atoms with Crippen molar-refractivity contribution >= 4 is 11.7 Å². The highest BCUT2D eigenvalue weighted by Gasteiger charge is 2.38. The molecule has 0 aliphatic heterocycles. The van der Waals surface area contributed by atoms with E-state index in [-0.39, 0.29) is 11.4 Å². The molecule has 0 saturated heterocycles. The van der Waals surface area contributed by atoms with Crippen LogP contribution in [0.1, 0.15) is 42.7 Å². The summed E-state index contributed by atoms with van der Waals surface area (Å²) in [5, 5.41) is 6.04. The van der Waals surface area contributed by atoms with Crippen LogP contribution in [0.3, 0.4) is 0 Å². The third-order valence-electron chi connectivity index (χ3n) is 3.17. The number of hydrogen-bond acceptors (Lipinski definition) is 3. The van der Waals surface area contributed by atoms with Crippen molar-refractivity contribution in [2.24, 2.45) is 0 Å². The molecule has 1 aromatic heterocycles. The van der Waals surface area contributed by atoms with Gasteiger partial charge in [-0.1, -0.05) is 6.92 Å². The third kappa shape index (κ3) is 2.75. The lowest BCUT2D eigenvalue weighted by Crippen LogP contribution is -2.34. The van der Waals surface area contributed by atoms with Gasteiger partial charge in [-0.05, 0) is 38.3 Å². The van der Waals surface area contributed by atoms with Gasteiger partial charge in [0, 0.05) is 23.8 Å². The standard InChI is InChI=1S/C13H19N3O/c1-4-10-7-9(8-11(14-3)15-10)12(17)16-13(2)5-6-13/h7-8H,4-6H2,1-3H3,(H,14,15)(H,16,17). The highest BCUT2D eigenvalue weighted by atomic mass is 16.1. The normalized spacial score (nSPS) is 16.4. The first-order valence-electron chi connectivity index (χ1n) is 6.07. The molecule has 0 spiro atoms. The maximum Gasteiger partial charge on any atom is 0.251 e. The van der Waals surface area contributed by atoms with E-state index in [0.29, 0.717) is 5.56 Å². The monoisotopic (exact) mass is 233 g/mol. The van der Waals surface area contributed by atoms with Crippen molar-refractivity contribution in [2.75, 3.05) is 12.4 Å². The molecule has 1 aliphatic carbocycles. The largest absolute Gasteiger partial charge is 0.373 e. The minimum absolute atomic E-state index is 0.00130. The van der Waals surface area contributed by atoms with Crippen LogP contribution in [0.15, 0.2) is 12.1 Å². The van der Waals surface area contributed by atoms with E-state index in [2.05, 4.69) is 22.5 Å². The second-order valence-corrected chi connectivity index (χ2v) is 4.85. The Morgan fingerprint density at radius 1 is 1.47 bits per heavy atom. The summed E-state index contributed by atoms with van der Waals surface area (Å²) in [4.78, 5) is 16.4. The molecule has 1 amide bonds. The number of carbonyl (C=O) groups is 1. The van der Waals surface area contributed by atoms with Gasteiger partial charge in [-0.3, -0.25) is 4.79 Å². The maximum atomic E-state index is 12.1. The zero-order chi connectivity index (χ0) is 12.5. The molecule has 17 heavy (non-hydrogen) atoms. The molecule has 1 fully saturated rings. The highest BCUT2D eigenvalue weighted by Crippen LogP contribution is 2.34. The van der Waals surface area contributed by atoms with Gasteiger partial charge in [0.1, 0.15) is 5.82 Å². The summed E-state index contributed by atoms with van der Waals surface area (Å²) in [6, 6.07) is 3.65. The third-order valence-corrected chi connectivity index (χ3v) is 3.17. The predicted octanol–water partition coefficient (Wildman–Crippen LogP) is 1.97. The van der Waals surface area contributed by atoms with Gasteiger partial charge in [-0.15, -0.1) is 0 Å². The number of aromatic nitrogens is 1. The summed E-state index contributed by atoms with van der Waals surface area (Å²) in [7, 11) is 1.81. The molecular weight excluding hydrogens is 214 g/mol. The second kappa shape index (κ2) is 4.35. The topological polar surface area (TPSA) is 54.0 Å². The van der Waals surface area contributed by atoms with Gasteiger partial charge in [0.15, 0.2) is 0 Å². The van der Waals surface area contributed by atoms with E-state index in [1.807, 2.05) is 20.0 Å². The second-order valence-electron chi connectivity index (χ2n) is 4.85. The Balaban J connectivity index is 2.21. The van der Waals surface area contributed by atoms with Gasteiger partial charge in [0.25, 0.3) is 5.91 Å². The van der Waals surface area contributed by atoms with Crippen molar-refractivity contribution in [2.45, 2.75) is 38.6 Å². The molecule has 0 atom stereocenters. The quantitative estimate of drug-likeness (QED) is 0.836. The minimum Gasteiger partial charge on any atom is -0.373 e. The lowest BCUT2D eigenvalue weighted by molar-refractivity contribution is 0.0935. The summed E-state index contributed by atoms with van der Waals surface area (Å²) >= 11 is 0. The molecule has 0 radical (unpaired) electrons. The molecule has 2 rings (SSSR count). The number of nitrogens with one attached hydrogen (secondary N) is 2. The Labute approximate surface area is 102 Å². The van der Waals surface area contributed by atoms with Gasteiger partial charge in [0.2, 0.25) is 0 Å². The predicted molar refractivity (Wildman–Crippen MR) is 68.3 cm³/mol. The van der Waals surface area contributed by atoms with Crippen LogP contribution in [0.25, 0.3) is 0 Å². The Kier molecular flexibility index (Phi) is 3.05. The smallest absolute Gasteiger partial charge is 0.251 e. The highest BCUT2D eigenvalue weighted by molar-refractivity contribution is 5.95. The van der Waals surface area contributed by atoms with Gasteiger partial charge < -0.3 is 10.6 Å². The van der Waals surface area contributed by atoms with Crippen molar-refractivity contribution in [1.29, 1.82) is 0 Å². The van der Waals surface area contributed by atoms with Crippen LogP contribution in [0.5, 0.6) is 0 Å². The van der Waals surface area contributed by atoms with Gasteiger partial charge in [-0.25, -0.2) is 4.98 Å². The van der Waals surface area contributed by atoms with Crippen molar-refractivity contribution in [3.8, 4) is 0 Å². The number of hydrogen-bond donors (Lipinski definition) is 2. The number of aryl methyl sites for hydroxylation is 1. The number of carbonyl (C=O) groups excluding carboxylic acids is 1.